The Morgan fingerprint density at radius 1 is 1.25 bits per heavy atom. The van der Waals surface area contributed by atoms with Gasteiger partial charge in [0.15, 0.2) is 11.8 Å². The molecule has 0 radical (unpaired) electrons. The number of para-hydroxylation sites is 1. The summed E-state index contributed by atoms with van der Waals surface area (Å²) in [7, 11) is 4.09. The van der Waals surface area contributed by atoms with E-state index in [4.69, 9.17) is 4.99 Å². The topological polar surface area (TPSA) is 70.4 Å². The van der Waals surface area contributed by atoms with Gasteiger partial charge in [0.1, 0.15) is 12.4 Å². The normalized spacial score (nSPS) is 12.7. The number of thioether (sulfide) groups is 1. The van der Waals surface area contributed by atoms with Crippen LogP contribution in [0.15, 0.2) is 35.3 Å². The Hall–Kier alpha value is -2.22. The number of nitrogens with zero attached hydrogens (tertiary/aromatic N) is 5. The number of hydrogen-bond donors (Lipinski definition) is 2. The lowest BCUT2D eigenvalue weighted by atomic mass is 10.3. The second kappa shape index (κ2) is 11.6. The molecule has 2 aromatic rings. The van der Waals surface area contributed by atoms with Crippen molar-refractivity contribution in [3.8, 4) is 0 Å². The molecule has 154 valence electrons. The molecule has 0 amide bonds. The third-order valence-corrected chi connectivity index (χ3v) is 5.65. The summed E-state index contributed by atoms with van der Waals surface area (Å²) in [5.74, 6) is 2.58. The highest BCUT2D eigenvalue weighted by molar-refractivity contribution is 7.99. The van der Waals surface area contributed by atoms with Crippen LogP contribution in [0.2, 0.25) is 0 Å². The number of hydrogen-bond acceptors (Lipinski definition) is 5. The van der Waals surface area contributed by atoms with Crippen LogP contribution in [-0.2, 0) is 13.6 Å². The Kier molecular flexibility index (Phi) is 9.13. The van der Waals surface area contributed by atoms with Crippen molar-refractivity contribution in [3.63, 3.8) is 0 Å². The minimum atomic E-state index is 0.504. The molecule has 0 aliphatic heterocycles. The first-order valence-electron chi connectivity index (χ1n) is 9.67. The molecule has 0 aliphatic rings. The Morgan fingerprint density at radius 3 is 2.64 bits per heavy atom. The molecule has 1 unspecified atom stereocenters. The summed E-state index contributed by atoms with van der Waals surface area (Å²) < 4.78 is 1.97. The van der Waals surface area contributed by atoms with Crippen LogP contribution in [0.5, 0.6) is 0 Å². The summed E-state index contributed by atoms with van der Waals surface area (Å²) in [5.41, 5.74) is 1.24. The van der Waals surface area contributed by atoms with Crippen molar-refractivity contribution >= 4 is 23.4 Å². The maximum absolute atomic E-state index is 4.70. The standard InChI is InChI=1S/C20H33N7S/c1-16(28-5)14-22-20(23-15-19-25-24-17(2)27(19)4)21-12-9-13-26(3)18-10-7-6-8-11-18/h6-8,10-11,16H,9,12-15H2,1-5H3,(H2,21,22,23). The molecule has 2 N–H and O–H groups in total. The highest BCUT2D eigenvalue weighted by Gasteiger charge is 2.07. The summed E-state index contributed by atoms with van der Waals surface area (Å²) in [5, 5.41) is 15.7. The maximum Gasteiger partial charge on any atom is 0.191 e. The van der Waals surface area contributed by atoms with Gasteiger partial charge in [0.05, 0.1) is 0 Å². The molecule has 1 atom stereocenters. The van der Waals surface area contributed by atoms with Crippen molar-refractivity contribution in [2.45, 2.75) is 32.1 Å². The molecular weight excluding hydrogens is 370 g/mol. The van der Waals surface area contributed by atoms with Gasteiger partial charge in [-0.3, -0.25) is 0 Å². The highest BCUT2D eigenvalue weighted by Crippen LogP contribution is 2.10. The lowest BCUT2D eigenvalue weighted by Gasteiger charge is -2.20. The molecule has 1 aromatic carbocycles. The average molecular weight is 404 g/mol. The highest BCUT2D eigenvalue weighted by atomic mass is 32.2. The number of anilines is 1. The molecular formula is C20H33N7S. The van der Waals surface area contributed by atoms with Crippen LogP contribution in [-0.4, -0.2) is 58.9 Å². The predicted octanol–water partition coefficient (Wildman–Crippen LogP) is 2.44. The van der Waals surface area contributed by atoms with Gasteiger partial charge in [0.25, 0.3) is 0 Å². The van der Waals surface area contributed by atoms with Crippen LogP contribution in [0.1, 0.15) is 25.0 Å². The van der Waals surface area contributed by atoms with Crippen LogP contribution < -0.4 is 15.5 Å². The second-order valence-corrected chi connectivity index (χ2v) is 8.13. The molecule has 1 heterocycles. The van der Waals surface area contributed by atoms with Gasteiger partial charge in [-0.05, 0) is 31.7 Å². The third-order valence-electron chi connectivity index (χ3n) is 4.68. The quantitative estimate of drug-likeness (QED) is 0.361. The molecule has 0 bridgehead atoms. The number of nitrogens with one attached hydrogen (secondary N) is 2. The number of rotatable bonds is 10. The van der Waals surface area contributed by atoms with Crippen molar-refractivity contribution < 1.29 is 0 Å². The van der Waals surface area contributed by atoms with Crippen molar-refractivity contribution in [1.82, 2.24) is 25.4 Å². The molecule has 7 nitrogen and oxygen atoms in total. The first-order chi connectivity index (χ1) is 13.5. The number of aryl methyl sites for hydroxylation is 1. The number of aromatic nitrogens is 3. The molecule has 28 heavy (non-hydrogen) atoms. The fourth-order valence-corrected chi connectivity index (χ4v) is 2.82. The SMILES string of the molecule is CSC(C)CNC(=NCc1nnc(C)n1C)NCCCN(C)c1ccccc1. The van der Waals surface area contributed by atoms with Gasteiger partial charge in [-0.25, -0.2) is 4.99 Å². The van der Waals surface area contributed by atoms with Crippen molar-refractivity contribution in [1.29, 1.82) is 0 Å². The molecule has 1 aromatic heterocycles. The van der Waals surface area contributed by atoms with Crippen LogP contribution in [0, 0.1) is 6.92 Å². The fourth-order valence-electron chi connectivity index (χ4n) is 2.57. The van der Waals surface area contributed by atoms with E-state index in [1.165, 1.54) is 5.69 Å². The Morgan fingerprint density at radius 2 is 2.00 bits per heavy atom. The lowest BCUT2D eigenvalue weighted by Crippen LogP contribution is -2.41. The smallest absolute Gasteiger partial charge is 0.191 e. The van der Waals surface area contributed by atoms with Crippen LogP contribution in [0.25, 0.3) is 0 Å². The third kappa shape index (κ3) is 7.07. The summed E-state index contributed by atoms with van der Waals surface area (Å²) in [6, 6.07) is 10.4. The summed E-state index contributed by atoms with van der Waals surface area (Å²) in [4.78, 5) is 6.97. The molecule has 0 saturated carbocycles. The van der Waals surface area contributed by atoms with E-state index >= 15 is 0 Å². The van der Waals surface area contributed by atoms with E-state index < -0.39 is 0 Å². The monoisotopic (exact) mass is 403 g/mol. The van der Waals surface area contributed by atoms with Crippen molar-refractivity contribution in [2.24, 2.45) is 12.0 Å². The Balaban J connectivity index is 1.86. The molecule has 0 spiro atoms. The lowest BCUT2D eigenvalue weighted by molar-refractivity contribution is 0.714. The van der Waals surface area contributed by atoms with Crippen LogP contribution >= 0.6 is 11.8 Å². The predicted molar refractivity (Wildman–Crippen MR) is 120 cm³/mol. The molecule has 8 heteroatoms. The van der Waals surface area contributed by atoms with Gasteiger partial charge in [-0.1, -0.05) is 25.1 Å². The summed E-state index contributed by atoms with van der Waals surface area (Å²) >= 11 is 1.84. The number of benzene rings is 1. The Labute approximate surface area is 173 Å². The largest absolute Gasteiger partial charge is 0.375 e. The van der Waals surface area contributed by atoms with Gasteiger partial charge in [0, 0.05) is 44.7 Å². The van der Waals surface area contributed by atoms with E-state index in [-0.39, 0.29) is 0 Å². The Bertz CT molecular complexity index is 729. The van der Waals surface area contributed by atoms with Crippen molar-refractivity contribution in [3.05, 3.63) is 42.0 Å². The number of aliphatic imine (C=N–C) groups is 1. The van der Waals surface area contributed by atoms with Crippen LogP contribution in [0.3, 0.4) is 0 Å². The minimum Gasteiger partial charge on any atom is -0.375 e. The van der Waals surface area contributed by atoms with Gasteiger partial charge in [-0.15, -0.1) is 10.2 Å². The summed E-state index contributed by atoms with van der Waals surface area (Å²) in [6.45, 7) is 7.36. The zero-order chi connectivity index (χ0) is 20.4. The van der Waals surface area contributed by atoms with E-state index in [0.29, 0.717) is 11.8 Å². The van der Waals surface area contributed by atoms with Gasteiger partial charge in [-0.2, -0.15) is 11.8 Å². The van der Waals surface area contributed by atoms with E-state index in [9.17, 15) is 0 Å². The molecule has 2 rings (SSSR count). The van der Waals surface area contributed by atoms with E-state index in [1.807, 2.05) is 36.4 Å². The molecule has 0 saturated heterocycles. The molecule has 0 aliphatic carbocycles. The zero-order valence-electron chi connectivity index (χ0n) is 17.6. The first-order valence-corrected chi connectivity index (χ1v) is 11.0. The average Bonchev–Trinajstić information content (AvgIpc) is 3.04. The second-order valence-electron chi connectivity index (χ2n) is 6.85. The summed E-state index contributed by atoms with van der Waals surface area (Å²) in [6.07, 6.45) is 3.14. The van der Waals surface area contributed by atoms with E-state index in [1.54, 1.807) is 0 Å². The van der Waals surface area contributed by atoms with Gasteiger partial charge < -0.3 is 20.1 Å². The fraction of sp³-hybridized carbons (Fsp3) is 0.550. The van der Waals surface area contributed by atoms with Gasteiger partial charge in [0.2, 0.25) is 0 Å². The maximum atomic E-state index is 4.70. The number of guanidine groups is 1. The first kappa shape index (κ1) is 22.1. The molecule has 0 fully saturated rings. The van der Waals surface area contributed by atoms with E-state index in [0.717, 1.165) is 43.7 Å². The minimum absolute atomic E-state index is 0.504. The van der Waals surface area contributed by atoms with Crippen molar-refractivity contribution in [2.75, 3.05) is 37.8 Å². The van der Waals surface area contributed by atoms with E-state index in [2.05, 4.69) is 70.2 Å². The zero-order valence-corrected chi connectivity index (χ0v) is 18.5. The van der Waals surface area contributed by atoms with Gasteiger partial charge >= 0.3 is 0 Å². The van der Waals surface area contributed by atoms with Crippen LogP contribution in [0.4, 0.5) is 5.69 Å².